The summed E-state index contributed by atoms with van der Waals surface area (Å²) in [6, 6.07) is 0. The van der Waals surface area contributed by atoms with Gasteiger partial charge in [0.1, 0.15) is 5.70 Å². The van der Waals surface area contributed by atoms with Crippen LogP contribution in [0.1, 0.15) is 13.3 Å². The number of allylic oxidation sites excluding steroid dienone is 1. The molecule has 0 spiro atoms. The van der Waals surface area contributed by atoms with Gasteiger partial charge < -0.3 is 10.6 Å². The topological polar surface area (TPSA) is 58.7 Å². The SMILES string of the molecule is CCC=C1C(=O)N=C(N)N1C. The fourth-order valence-corrected chi connectivity index (χ4v) is 0.921. The highest BCUT2D eigenvalue weighted by molar-refractivity contribution is 6.09. The van der Waals surface area contributed by atoms with Crippen LogP contribution in [0.3, 0.4) is 0 Å². The summed E-state index contributed by atoms with van der Waals surface area (Å²) >= 11 is 0. The maximum atomic E-state index is 11.0. The summed E-state index contributed by atoms with van der Waals surface area (Å²) in [5.41, 5.74) is 5.98. The Balaban J connectivity index is 2.89. The summed E-state index contributed by atoms with van der Waals surface area (Å²) in [4.78, 5) is 16.2. The number of amides is 1. The van der Waals surface area contributed by atoms with E-state index in [4.69, 9.17) is 5.73 Å². The van der Waals surface area contributed by atoms with Crippen LogP contribution in [0.4, 0.5) is 0 Å². The molecule has 0 aromatic rings. The van der Waals surface area contributed by atoms with Crippen molar-refractivity contribution in [2.75, 3.05) is 7.05 Å². The number of nitrogens with zero attached hydrogens (tertiary/aromatic N) is 2. The summed E-state index contributed by atoms with van der Waals surface area (Å²) in [6.45, 7) is 1.96. The molecule has 4 nitrogen and oxygen atoms in total. The standard InChI is InChI=1S/C7H11N3O/c1-3-4-5-6(11)9-7(8)10(5)2/h4H,3H2,1-2H3,(H2,8,9,11). The first-order valence-electron chi connectivity index (χ1n) is 3.49. The first kappa shape index (κ1) is 7.78. The maximum absolute atomic E-state index is 11.0. The molecule has 4 heteroatoms. The summed E-state index contributed by atoms with van der Waals surface area (Å²) in [6.07, 6.45) is 2.62. The minimum Gasteiger partial charge on any atom is -0.369 e. The van der Waals surface area contributed by atoms with Crippen LogP contribution >= 0.6 is 0 Å². The number of guanidine groups is 1. The van der Waals surface area contributed by atoms with Gasteiger partial charge in [0.25, 0.3) is 5.91 Å². The van der Waals surface area contributed by atoms with Gasteiger partial charge in [-0.25, -0.2) is 0 Å². The predicted octanol–water partition coefficient (Wildman–Crippen LogP) is 0.0670. The molecule has 0 fully saturated rings. The molecule has 1 aliphatic rings. The fourth-order valence-electron chi connectivity index (χ4n) is 0.921. The van der Waals surface area contributed by atoms with Crippen molar-refractivity contribution in [3.63, 3.8) is 0 Å². The molecule has 2 N–H and O–H groups in total. The summed E-state index contributed by atoms with van der Waals surface area (Å²) in [5, 5.41) is 0. The molecule has 0 aromatic carbocycles. The van der Waals surface area contributed by atoms with Crippen LogP contribution in [-0.4, -0.2) is 23.8 Å². The van der Waals surface area contributed by atoms with Gasteiger partial charge in [-0.15, -0.1) is 0 Å². The largest absolute Gasteiger partial charge is 0.369 e. The molecule has 0 bridgehead atoms. The minimum atomic E-state index is -0.244. The molecule has 60 valence electrons. The molecule has 1 heterocycles. The maximum Gasteiger partial charge on any atom is 0.296 e. The third kappa shape index (κ3) is 1.24. The van der Waals surface area contributed by atoms with E-state index in [0.717, 1.165) is 6.42 Å². The minimum absolute atomic E-state index is 0.244. The quantitative estimate of drug-likeness (QED) is 0.542. The lowest BCUT2D eigenvalue weighted by Gasteiger charge is -2.10. The van der Waals surface area contributed by atoms with Gasteiger partial charge in [-0.05, 0) is 6.42 Å². The summed E-state index contributed by atoms with van der Waals surface area (Å²) in [5.74, 6) is 0.0292. The van der Waals surface area contributed by atoms with E-state index in [1.54, 1.807) is 11.9 Å². The van der Waals surface area contributed by atoms with Crippen LogP contribution in [0.25, 0.3) is 0 Å². The zero-order valence-corrected chi connectivity index (χ0v) is 6.66. The Labute approximate surface area is 65.4 Å². The van der Waals surface area contributed by atoms with Gasteiger partial charge in [0, 0.05) is 7.05 Å². The smallest absolute Gasteiger partial charge is 0.296 e. The molecular weight excluding hydrogens is 142 g/mol. The average Bonchev–Trinajstić information content (AvgIpc) is 2.17. The highest BCUT2D eigenvalue weighted by Gasteiger charge is 2.22. The lowest BCUT2D eigenvalue weighted by molar-refractivity contribution is -0.114. The Morgan fingerprint density at radius 2 is 2.36 bits per heavy atom. The molecule has 0 unspecified atom stereocenters. The number of carbonyl (C=O) groups is 1. The number of likely N-dealkylation sites (N-methyl/N-ethyl adjacent to an activating group) is 1. The number of hydrogen-bond acceptors (Lipinski definition) is 3. The molecule has 0 aromatic heterocycles. The second-order valence-electron chi connectivity index (χ2n) is 2.33. The van der Waals surface area contributed by atoms with Crippen LogP contribution in [0.2, 0.25) is 0 Å². The number of carbonyl (C=O) groups excluding carboxylic acids is 1. The van der Waals surface area contributed by atoms with Crippen molar-refractivity contribution in [2.24, 2.45) is 10.7 Å². The molecule has 0 radical (unpaired) electrons. The molecule has 11 heavy (non-hydrogen) atoms. The van der Waals surface area contributed by atoms with E-state index in [0.29, 0.717) is 5.70 Å². The van der Waals surface area contributed by atoms with Crippen LogP contribution < -0.4 is 5.73 Å². The van der Waals surface area contributed by atoms with E-state index in [1.807, 2.05) is 13.0 Å². The highest BCUT2D eigenvalue weighted by Crippen LogP contribution is 2.11. The number of hydrogen-bond donors (Lipinski definition) is 1. The van der Waals surface area contributed by atoms with Gasteiger partial charge in [-0.2, -0.15) is 4.99 Å². The number of nitrogens with two attached hydrogens (primary N) is 1. The molecule has 0 aliphatic carbocycles. The van der Waals surface area contributed by atoms with Crippen molar-refractivity contribution >= 4 is 11.9 Å². The highest BCUT2D eigenvalue weighted by atomic mass is 16.2. The first-order valence-corrected chi connectivity index (χ1v) is 3.49. The Hall–Kier alpha value is -1.32. The number of rotatable bonds is 1. The van der Waals surface area contributed by atoms with E-state index in [2.05, 4.69) is 4.99 Å². The first-order chi connectivity index (χ1) is 5.16. The van der Waals surface area contributed by atoms with Crippen molar-refractivity contribution in [2.45, 2.75) is 13.3 Å². The Morgan fingerprint density at radius 3 is 2.73 bits per heavy atom. The zero-order valence-electron chi connectivity index (χ0n) is 6.66. The zero-order chi connectivity index (χ0) is 8.43. The normalized spacial score (nSPS) is 21.3. The van der Waals surface area contributed by atoms with Crippen LogP contribution in [-0.2, 0) is 4.79 Å². The van der Waals surface area contributed by atoms with Gasteiger partial charge in [-0.1, -0.05) is 13.0 Å². The third-order valence-corrected chi connectivity index (χ3v) is 1.54. The molecule has 1 amide bonds. The van der Waals surface area contributed by atoms with Crippen LogP contribution in [0.15, 0.2) is 16.8 Å². The molecule has 1 aliphatic heterocycles. The van der Waals surface area contributed by atoms with Gasteiger partial charge in [-0.3, -0.25) is 4.79 Å². The van der Waals surface area contributed by atoms with E-state index in [9.17, 15) is 4.79 Å². The van der Waals surface area contributed by atoms with Crippen LogP contribution in [0.5, 0.6) is 0 Å². The molecule has 0 saturated heterocycles. The molecular formula is C7H11N3O. The van der Waals surface area contributed by atoms with Gasteiger partial charge in [0.15, 0.2) is 0 Å². The lowest BCUT2D eigenvalue weighted by Crippen LogP contribution is -2.28. The van der Waals surface area contributed by atoms with Crippen LogP contribution in [0, 0.1) is 0 Å². The third-order valence-electron chi connectivity index (χ3n) is 1.54. The van der Waals surface area contributed by atoms with E-state index >= 15 is 0 Å². The molecule has 0 atom stereocenters. The molecule has 0 saturated carbocycles. The number of aliphatic imine (C=N–C) groups is 1. The van der Waals surface area contributed by atoms with Crippen molar-refractivity contribution in [3.8, 4) is 0 Å². The second kappa shape index (κ2) is 2.74. The van der Waals surface area contributed by atoms with E-state index in [-0.39, 0.29) is 11.9 Å². The molecule has 1 rings (SSSR count). The van der Waals surface area contributed by atoms with E-state index < -0.39 is 0 Å². The van der Waals surface area contributed by atoms with Gasteiger partial charge >= 0.3 is 0 Å². The van der Waals surface area contributed by atoms with E-state index in [1.165, 1.54) is 0 Å². The predicted molar refractivity (Wildman–Crippen MR) is 42.8 cm³/mol. The average molecular weight is 153 g/mol. The summed E-state index contributed by atoms with van der Waals surface area (Å²) < 4.78 is 0. The monoisotopic (exact) mass is 153 g/mol. The summed E-state index contributed by atoms with van der Waals surface area (Å²) in [7, 11) is 1.73. The van der Waals surface area contributed by atoms with Gasteiger partial charge in [0.2, 0.25) is 5.96 Å². The van der Waals surface area contributed by atoms with Crippen molar-refractivity contribution < 1.29 is 4.79 Å². The second-order valence-corrected chi connectivity index (χ2v) is 2.33. The Bertz CT molecular complexity index is 242. The Morgan fingerprint density at radius 1 is 1.73 bits per heavy atom. The van der Waals surface area contributed by atoms with Crippen molar-refractivity contribution in [1.82, 2.24) is 4.90 Å². The van der Waals surface area contributed by atoms with Gasteiger partial charge in [0.05, 0.1) is 0 Å². The van der Waals surface area contributed by atoms with Crippen molar-refractivity contribution in [3.05, 3.63) is 11.8 Å². The fraction of sp³-hybridized carbons (Fsp3) is 0.429. The van der Waals surface area contributed by atoms with Crippen molar-refractivity contribution in [1.29, 1.82) is 0 Å². The Kier molecular flexibility index (Phi) is 1.94. The lowest BCUT2D eigenvalue weighted by atomic mass is 10.3.